The Balaban J connectivity index is 0.922. The van der Waals surface area contributed by atoms with E-state index in [1.54, 1.807) is 0 Å². The van der Waals surface area contributed by atoms with Gasteiger partial charge in [0, 0.05) is 33.9 Å². The van der Waals surface area contributed by atoms with Crippen LogP contribution in [0.5, 0.6) is 0 Å². The van der Waals surface area contributed by atoms with Crippen LogP contribution in [0.3, 0.4) is 0 Å². The summed E-state index contributed by atoms with van der Waals surface area (Å²) in [4.78, 5) is 7.48. The van der Waals surface area contributed by atoms with Gasteiger partial charge >= 0.3 is 0 Å². The molecule has 0 aromatic heterocycles. The van der Waals surface area contributed by atoms with E-state index in [1.807, 2.05) is 0 Å². The first-order chi connectivity index (χ1) is 39.5. The minimum absolute atomic E-state index is 0.198. The van der Waals surface area contributed by atoms with Gasteiger partial charge in [0.05, 0.1) is 33.6 Å². The minimum Gasteiger partial charge on any atom is -0.310 e. The van der Waals surface area contributed by atoms with E-state index in [0.29, 0.717) is 0 Å². The third-order valence-corrected chi connectivity index (χ3v) is 18.6. The van der Waals surface area contributed by atoms with Gasteiger partial charge in [0.25, 0.3) is 0 Å². The Labute approximate surface area is 467 Å². The quantitative estimate of drug-likeness (QED) is 0.170. The molecule has 12 aromatic carbocycles. The molecule has 0 atom stereocenters. The Morgan fingerprint density at radius 2 is 0.550 bits per heavy atom. The summed E-state index contributed by atoms with van der Waals surface area (Å²) in [7, 11) is 0. The average molecular weight is 1020 g/mol. The molecule has 0 saturated carbocycles. The molecule has 3 heteroatoms. The van der Waals surface area contributed by atoms with Crippen molar-refractivity contribution in [3.05, 3.63) is 341 Å². The Morgan fingerprint density at radius 3 is 1.04 bits per heavy atom. The standard InChI is InChI=1S/C77H53N3/c1-75(2)61-30-12-9-27-55(61)58-44-41-53(48-69(58)75)78(52-43-46-64-60(47-52)57-29-11-14-32-63(57)76(64)65-33-15-19-37-71(65)79(50-23-5-3-6-24-50)72-38-20-16-34-66(72)76)54-42-45-59-56-28-10-13-31-62(56)77(70(59)49-54)67-35-17-21-39-73(67)80(51-25-7-4-8-26-51)74-40-22-18-36-68(74)77/h3-49H,1-2H3. The third kappa shape index (κ3) is 5.78. The van der Waals surface area contributed by atoms with Crippen LogP contribution in [-0.2, 0) is 16.2 Å². The zero-order chi connectivity index (χ0) is 52.9. The fourth-order valence-corrected chi connectivity index (χ4v) is 15.5. The monoisotopic (exact) mass is 1020 g/mol. The van der Waals surface area contributed by atoms with Crippen molar-refractivity contribution < 1.29 is 0 Å². The first-order valence-corrected chi connectivity index (χ1v) is 28.1. The van der Waals surface area contributed by atoms with Gasteiger partial charge in [0.1, 0.15) is 0 Å². The van der Waals surface area contributed by atoms with Crippen LogP contribution >= 0.6 is 0 Å². The number of nitrogens with zero attached hydrogens (tertiary/aromatic N) is 3. The molecule has 0 N–H and O–H groups in total. The van der Waals surface area contributed by atoms with E-state index in [0.717, 1.165) is 28.4 Å². The Morgan fingerprint density at radius 1 is 0.237 bits per heavy atom. The van der Waals surface area contributed by atoms with E-state index < -0.39 is 10.8 Å². The van der Waals surface area contributed by atoms with Crippen molar-refractivity contribution in [1.29, 1.82) is 0 Å². The van der Waals surface area contributed by atoms with Crippen molar-refractivity contribution in [2.24, 2.45) is 0 Å². The Bertz CT molecular complexity index is 4460. The molecule has 3 nitrogen and oxygen atoms in total. The minimum atomic E-state index is -0.619. The highest BCUT2D eigenvalue weighted by atomic mass is 15.2. The molecule has 17 rings (SSSR count). The van der Waals surface area contributed by atoms with Gasteiger partial charge in [0.2, 0.25) is 0 Å². The number of hydrogen-bond donors (Lipinski definition) is 0. The molecule has 0 amide bonds. The van der Waals surface area contributed by atoms with Crippen LogP contribution in [0.25, 0.3) is 33.4 Å². The number of benzene rings is 12. The van der Waals surface area contributed by atoms with Gasteiger partial charge in [-0.05, 0) is 174 Å². The van der Waals surface area contributed by atoms with E-state index >= 15 is 0 Å². The molecule has 0 unspecified atom stereocenters. The second kappa shape index (κ2) is 16.5. The van der Waals surface area contributed by atoms with Crippen LogP contribution in [0.4, 0.5) is 51.2 Å². The first-order valence-electron chi connectivity index (χ1n) is 28.1. The zero-order valence-electron chi connectivity index (χ0n) is 44.5. The van der Waals surface area contributed by atoms with E-state index in [9.17, 15) is 0 Å². The van der Waals surface area contributed by atoms with Crippen LogP contribution < -0.4 is 14.7 Å². The van der Waals surface area contributed by atoms with Gasteiger partial charge in [-0.1, -0.05) is 214 Å². The second-order valence-electron chi connectivity index (χ2n) is 22.7. The summed E-state index contributed by atoms with van der Waals surface area (Å²) in [6.07, 6.45) is 0. The molecular formula is C77H53N3. The van der Waals surface area contributed by atoms with Gasteiger partial charge in [-0.15, -0.1) is 0 Å². The summed E-state index contributed by atoms with van der Waals surface area (Å²) in [5, 5.41) is 0. The topological polar surface area (TPSA) is 9.72 Å². The van der Waals surface area contributed by atoms with Crippen LogP contribution in [0, 0.1) is 0 Å². The average Bonchev–Trinajstić information content (AvgIpc) is 2.74. The van der Waals surface area contributed by atoms with Gasteiger partial charge in [-0.3, -0.25) is 0 Å². The summed E-state index contributed by atoms with van der Waals surface area (Å²) in [5.41, 5.74) is 29.7. The maximum atomic E-state index is 2.56. The highest BCUT2D eigenvalue weighted by molar-refractivity contribution is 6.00. The highest BCUT2D eigenvalue weighted by Crippen LogP contribution is 2.66. The SMILES string of the molecule is CC1(C)c2ccccc2-c2ccc(N(c3ccc4c(c3)-c3ccccc3C43c4ccccc4N(c4ccccc4)c4ccccc43)c3ccc4c(c3)C3(c5ccccc5-4)c4ccccc4N(c4ccccc4)c4ccccc43)cc21. The molecule has 3 aliphatic carbocycles. The van der Waals surface area contributed by atoms with Crippen molar-refractivity contribution >= 4 is 51.2 Å². The fourth-order valence-electron chi connectivity index (χ4n) is 15.5. The molecule has 0 fully saturated rings. The molecule has 2 spiro atoms. The predicted molar refractivity (Wildman–Crippen MR) is 330 cm³/mol. The van der Waals surface area contributed by atoms with Gasteiger partial charge in [0.15, 0.2) is 0 Å². The summed E-state index contributed by atoms with van der Waals surface area (Å²) < 4.78 is 0. The van der Waals surface area contributed by atoms with Crippen LogP contribution in [0.2, 0.25) is 0 Å². The molecule has 376 valence electrons. The summed E-state index contributed by atoms with van der Waals surface area (Å²) in [5.74, 6) is 0. The van der Waals surface area contributed by atoms with Crippen LogP contribution in [0.1, 0.15) is 69.5 Å². The maximum absolute atomic E-state index is 2.56. The molecule has 5 aliphatic rings. The van der Waals surface area contributed by atoms with Crippen molar-refractivity contribution in [3.63, 3.8) is 0 Å². The molecule has 2 aliphatic heterocycles. The molecule has 12 aromatic rings. The van der Waals surface area contributed by atoms with Crippen LogP contribution in [-0.4, -0.2) is 0 Å². The van der Waals surface area contributed by atoms with Crippen molar-refractivity contribution in [2.45, 2.75) is 30.1 Å². The smallest absolute Gasteiger partial charge is 0.0755 e. The maximum Gasteiger partial charge on any atom is 0.0755 e. The third-order valence-electron chi connectivity index (χ3n) is 18.6. The van der Waals surface area contributed by atoms with E-state index in [-0.39, 0.29) is 5.41 Å². The van der Waals surface area contributed by atoms with E-state index in [2.05, 4.69) is 314 Å². The predicted octanol–water partition coefficient (Wildman–Crippen LogP) is 19.8. The molecule has 0 radical (unpaired) electrons. The first kappa shape index (κ1) is 45.1. The van der Waals surface area contributed by atoms with E-state index in [1.165, 1.54) is 112 Å². The summed E-state index contributed by atoms with van der Waals surface area (Å²) >= 11 is 0. The molecule has 80 heavy (non-hydrogen) atoms. The van der Waals surface area contributed by atoms with Crippen molar-refractivity contribution in [2.75, 3.05) is 14.7 Å². The Hall–Kier alpha value is -9.96. The van der Waals surface area contributed by atoms with Crippen LogP contribution in [0.15, 0.2) is 285 Å². The number of hydrogen-bond acceptors (Lipinski definition) is 3. The van der Waals surface area contributed by atoms with Crippen molar-refractivity contribution in [1.82, 2.24) is 0 Å². The normalized spacial score (nSPS) is 15.1. The lowest BCUT2D eigenvalue weighted by molar-refractivity contribution is 0.660. The van der Waals surface area contributed by atoms with Crippen molar-refractivity contribution in [3.8, 4) is 33.4 Å². The van der Waals surface area contributed by atoms with Gasteiger partial charge in [-0.2, -0.15) is 0 Å². The number of rotatable bonds is 5. The van der Waals surface area contributed by atoms with E-state index in [4.69, 9.17) is 0 Å². The molecular weight excluding hydrogens is 967 g/mol. The number of anilines is 9. The molecule has 2 heterocycles. The lowest BCUT2D eigenvalue weighted by Gasteiger charge is -2.45. The summed E-state index contributed by atoms with van der Waals surface area (Å²) in [6, 6.07) is 107. The molecule has 0 saturated heterocycles. The Kier molecular flexibility index (Phi) is 9.32. The lowest BCUT2D eigenvalue weighted by Crippen LogP contribution is -2.36. The lowest BCUT2D eigenvalue weighted by atomic mass is 9.64. The second-order valence-corrected chi connectivity index (χ2v) is 22.7. The summed E-state index contributed by atoms with van der Waals surface area (Å²) in [6.45, 7) is 4.78. The van der Waals surface area contributed by atoms with Gasteiger partial charge in [-0.25, -0.2) is 0 Å². The zero-order valence-corrected chi connectivity index (χ0v) is 44.5. The fraction of sp³-hybridized carbons (Fsp3) is 0.0649. The molecule has 0 bridgehead atoms. The largest absolute Gasteiger partial charge is 0.310 e. The number of fused-ring (bicyclic) bond motifs is 21. The highest BCUT2D eigenvalue weighted by Gasteiger charge is 2.54. The number of para-hydroxylation sites is 6. The van der Waals surface area contributed by atoms with Gasteiger partial charge < -0.3 is 14.7 Å².